The van der Waals surface area contributed by atoms with E-state index < -0.39 is 0 Å². The molecule has 1 N–H and O–H groups in total. The first-order chi connectivity index (χ1) is 15.8. The fraction of sp³-hybridized carbons (Fsp3) is 0.360. The molecule has 0 spiro atoms. The second-order valence-electron chi connectivity index (χ2n) is 8.79. The fourth-order valence-electron chi connectivity index (χ4n) is 4.64. The van der Waals surface area contributed by atoms with E-state index in [0.29, 0.717) is 23.8 Å². The number of ether oxygens (including phenoxy) is 1. The van der Waals surface area contributed by atoms with Gasteiger partial charge in [-0.1, -0.05) is 30.3 Å². The third-order valence-corrected chi connectivity index (χ3v) is 6.54. The molecule has 7 nitrogen and oxygen atoms in total. The molecule has 32 heavy (non-hydrogen) atoms. The Morgan fingerprint density at radius 1 is 1.03 bits per heavy atom. The van der Waals surface area contributed by atoms with Crippen molar-refractivity contribution < 1.29 is 4.74 Å². The molecule has 1 unspecified atom stereocenters. The molecule has 0 radical (unpaired) electrons. The van der Waals surface area contributed by atoms with Crippen molar-refractivity contribution in [2.75, 3.05) is 18.5 Å². The number of rotatable bonds is 6. The lowest BCUT2D eigenvalue weighted by atomic mass is 10.1. The Morgan fingerprint density at radius 3 is 2.78 bits per heavy atom. The maximum Gasteiger partial charge on any atom is 0.223 e. The summed E-state index contributed by atoms with van der Waals surface area (Å²) in [6.45, 7) is 1.58. The molecule has 0 bridgehead atoms. The summed E-state index contributed by atoms with van der Waals surface area (Å²) >= 11 is 0. The van der Waals surface area contributed by atoms with Gasteiger partial charge in [0.2, 0.25) is 5.95 Å². The molecule has 162 valence electrons. The van der Waals surface area contributed by atoms with Gasteiger partial charge in [0, 0.05) is 43.1 Å². The van der Waals surface area contributed by atoms with E-state index in [4.69, 9.17) is 9.72 Å². The van der Waals surface area contributed by atoms with E-state index in [9.17, 15) is 0 Å². The van der Waals surface area contributed by atoms with E-state index in [1.54, 1.807) is 0 Å². The second-order valence-corrected chi connectivity index (χ2v) is 8.79. The number of nitrogens with one attached hydrogen (secondary N) is 1. The second kappa shape index (κ2) is 8.31. The molecule has 6 rings (SSSR count). The van der Waals surface area contributed by atoms with Gasteiger partial charge in [-0.3, -0.25) is 4.40 Å². The zero-order valence-electron chi connectivity index (χ0n) is 17.9. The van der Waals surface area contributed by atoms with Gasteiger partial charge in [0.25, 0.3) is 0 Å². The van der Waals surface area contributed by atoms with Gasteiger partial charge in [-0.05, 0) is 55.4 Å². The largest absolute Gasteiger partial charge is 0.381 e. The molecule has 7 heteroatoms. The van der Waals surface area contributed by atoms with Crippen molar-refractivity contribution in [1.29, 1.82) is 0 Å². The average Bonchev–Trinajstić information content (AvgIpc) is 3.46. The van der Waals surface area contributed by atoms with Gasteiger partial charge in [0.05, 0.1) is 5.69 Å². The molecule has 1 aliphatic carbocycles. The third kappa shape index (κ3) is 3.96. The van der Waals surface area contributed by atoms with Crippen LogP contribution in [0.1, 0.15) is 36.6 Å². The van der Waals surface area contributed by atoms with Crippen LogP contribution in [0.15, 0.2) is 60.9 Å². The number of pyridine rings is 1. The van der Waals surface area contributed by atoms with Crippen molar-refractivity contribution in [2.24, 2.45) is 5.92 Å². The minimum atomic E-state index is 0.364. The van der Waals surface area contributed by atoms with Crippen LogP contribution in [0.2, 0.25) is 0 Å². The number of nitrogens with zero attached hydrogens (tertiary/aromatic N) is 5. The molecule has 2 fully saturated rings. The fourth-order valence-corrected chi connectivity index (χ4v) is 4.64. The molecule has 1 saturated carbocycles. The molecule has 2 aliphatic rings. The average molecular weight is 427 g/mol. The first-order valence-corrected chi connectivity index (χ1v) is 11.4. The highest BCUT2D eigenvalue weighted by Crippen LogP contribution is 2.48. The standard InChI is InChI=1S/C25H26N6O/c1-2-4-17(5-3-1)14-19-15-21(19)24-30-29-23-16-18(7-11-31(23)24)22-6-10-26-25(28-22)27-20-8-12-32-13-9-20/h1-7,10-11,16,19-21H,8-9,12-15H2,(H,26,27,28)/t19-,21?/m1/s1. The molecular weight excluding hydrogens is 400 g/mol. The SMILES string of the molecule is c1ccc(C[C@@H]2CC2c2nnc3cc(-c4ccnc(NC5CCOCC5)n4)ccn23)cc1. The minimum Gasteiger partial charge on any atom is -0.381 e. The quantitative estimate of drug-likeness (QED) is 0.500. The van der Waals surface area contributed by atoms with E-state index >= 15 is 0 Å². The monoisotopic (exact) mass is 426 g/mol. The van der Waals surface area contributed by atoms with Gasteiger partial charge < -0.3 is 10.1 Å². The summed E-state index contributed by atoms with van der Waals surface area (Å²) in [5, 5.41) is 12.4. The smallest absolute Gasteiger partial charge is 0.223 e. The zero-order chi connectivity index (χ0) is 21.3. The Bertz CT molecular complexity index is 1220. The van der Waals surface area contributed by atoms with Gasteiger partial charge in [0.1, 0.15) is 5.82 Å². The number of hydrogen-bond donors (Lipinski definition) is 1. The number of benzene rings is 1. The summed E-state index contributed by atoms with van der Waals surface area (Å²) in [6, 6.07) is 17.2. The topological polar surface area (TPSA) is 77.2 Å². The van der Waals surface area contributed by atoms with Crippen LogP contribution in [0.4, 0.5) is 5.95 Å². The van der Waals surface area contributed by atoms with E-state index in [1.807, 2.05) is 12.3 Å². The lowest BCUT2D eigenvalue weighted by molar-refractivity contribution is 0.0903. The van der Waals surface area contributed by atoms with Crippen LogP contribution in [-0.4, -0.2) is 43.8 Å². The summed E-state index contributed by atoms with van der Waals surface area (Å²) in [5.74, 6) is 2.85. The Hall–Kier alpha value is -3.32. The highest BCUT2D eigenvalue weighted by molar-refractivity contribution is 5.64. The summed E-state index contributed by atoms with van der Waals surface area (Å²) < 4.78 is 7.56. The summed E-state index contributed by atoms with van der Waals surface area (Å²) in [4.78, 5) is 9.14. The molecule has 0 amide bonds. The van der Waals surface area contributed by atoms with Crippen LogP contribution in [0.5, 0.6) is 0 Å². The van der Waals surface area contributed by atoms with Crippen LogP contribution < -0.4 is 5.32 Å². The van der Waals surface area contributed by atoms with Crippen molar-refractivity contribution in [2.45, 2.75) is 37.6 Å². The van der Waals surface area contributed by atoms with Crippen molar-refractivity contribution in [3.63, 3.8) is 0 Å². The van der Waals surface area contributed by atoms with Gasteiger partial charge >= 0.3 is 0 Å². The number of fused-ring (bicyclic) bond motifs is 1. The van der Waals surface area contributed by atoms with Crippen LogP contribution in [0, 0.1) is 5.92 Å². The molecule has 1 aromatic carbocycles. The summed E-state index contributed by atoms with van der Waals surface area (Å²) in [7, 11) is 0. The summed E-state index contributed by atoms with van der Waals surface area (Å²) in [6.07, 6.45) is 8.11. The van der Waals surface area contributed by atoms with Crippen molar-refractivity contribution in [3.05, 3.63) is 72.3 Å². The summed E-state index contributed by atoms with van der Waals surface area (Å²) in [5.41, 5.74) is 4.16. The highest BCUT2D eigenvalue weighted by Gasteiger charge is 2.41. The molecule has 4 heterocycles. The lowest BCUT2D eigenvalue weighted by Crippen LogP contribution is -2.28. The van der Waals surface area contributed by atoms with Crippen LogP contribution in [0.25, 0.3) is 16.9 Å². The van der Waals surface area contributed by atoms with Gasteiger partial charge in [-0.15, -0.1) is 10.2 Å². The normalized spacial score (nSPS) is 21.0. The van der Waals surface area contributed by atoms with E-state index in [2.05, 4.69) is 73.6 Å². The Balaban J connectivity index is 1.19. The van der Waals surface area contributed by atoms with E-state index in [0.717, 1.165) is 55.2 Å². The van der Waals surface area contributed by atoms with Gasteiger partial charge in [-0.25, -0.2) is 9.97 Å². The molecular formula is C25H26N6O. The number of anilines is 1. The molecule has 4 aromatic rings. The molecule has 2 atom stereocenters. The van der Waals surface area contributed by atoms with Crippen molar-refractivity contribution >= 4 is 11.6 Å². The van der Waals surface area contributed by atoms with E-state index in [1.165, 1.54) is 12.0 Å². The first kappa shape index (κ1) is 19.4. The lowest BCUT2D eigenvalue weighted by Gasteiger charge is -2.23. The first-order valence-electron chi connectivity index (χ1n) is 11.4. The van der Waals surface area contributed by atoms with Crippen LogP contribution >= 0.6 is 0 Å². The highest BCUT2D eigenvalue weighted by atomic mass is 16.5. The zero-order valence-corrected chi connectivity index (χ0v) is 17.9. The van der Waals surface area contributed by atoms with Crippen LogP contribution in [0.3, 0.4) is 0 Å². The van der Waals surface area contributed by atoms with E-state index in [-0.39, 0.29) is 0 Å². The Kier molecular flexibility index (Phi) is 5.03. The Labute approximate surface area is 186 Å². The maximum absolute atomic E-state index is 5.43. The number of aromatic nitrogens is 5. The van der Waals surface area contributed by atoms with Crippen molar-refractivity contribution in [1.82, 2.24) is 24.6 Å². The molecule has 1 aliphatic heterocycles. The third-order valence-electron chi connectivity index (χ3n) is 6.54. The maximum atomic E-state index is 5.43. The predicted molar refractivity (Wildman–Crippen MR) is 122 cm³/mol. The van der Waals surface area contributed by atoms with Gasteiger partial charge in [-0.2, -0.15) is 0 Å². The molecule has 3 aromatic heterocycles. The molecule has 1 saturated heterocycles. The predicted octanol–water partition coefficient (Wildman–Crippen LogP) is 4.12. The van der Waals surface area contributed by atoms with Crippen LogP contribution in [-0.2, 0) is 11.2 Å². The number of hydrogen-bond acceptors (Lipinski definition) is 6. The van der Waals surface area contributed by atoms with Crippen molar-refractivity contribution in [3.8, 4) is 11.3 Å². The Morgan fingerprint density at radius 2 is 1.91 bits per heavy atom. The minimum absolute atomic E-state index is 0.364. The van der Waals surface area contributed by atoms with Gasteiger partial charge in [0.15, 0.2) is 5.65 Å².